The summed E-state index contributed by atoms with van der Waals surface area (Å²) in [6.07, 6.45) is 12.2. The number of aldehydes is 1. The lowest BCUT2D eigenvalue weighted by molar-refractivity contribution is -0.108. The molecule has 2 unspecified atom stereocenters. The predicted molar refractivity (Wildman–Crippen MR) is 152 cm³/mol. The molecule has 0 amide bonds. The Morgan fingerprint density at radius 1 is 1.11 bits per heavy atom. The van der Waals surface area contributed by atoms with E-state index in [-0.39, 0.29) is 12.1 Å². The van der Waals surface area contributed by atoms with Gasteiger partial charge in [-0.05, 0) is 44.3 Å². The summed E-state index contributed by atoms with van der Waals surface area (Å²) in [5, 5.41) is 15.0. The summed E-state index contributed by atoms with van der Waals surface area (Å²) in [5.41, 5.74) is 14.7. The third-order valence-electron chi connectivity index (χ3n) is 4.99. The predicted octanol–water partition coefficient (Wildman–Crippen LogP) is 4.61. The van der Waals surface area contributed by atoms with E-state index in [0.717, 1.165) is 22.2 Å². The van der Waals surface area contributed by atoms with E-state index in [2.05, 4.69) is 22.8 Å². The van der Waals surface area contributed by atoms with Gasteiger partial charge in [0.2, 0.25) is 0 Å². The van der Waals surface area contributed by atoms with Crippen molar-refractivity contribution in [3.8, 4) is 0 Å². The number of carbonyl (C=O) groups excluding carboxylic acids is 1. The summed E-state index contributed by atoms with van der Waals surface area (Å²) in [6.45, 7) is 5.63. The van der Waals surface area contributed by atoms with Crippen LogP contribution in [0.25, 0.3) is 16.5 Å². The molecule has 3 aromatic rings. The van der Waals surface area contributed by atoms with Crippen LogP contribution in [-0.4, -0.2) is 41.6 Å². The minimum atomic E-state index is -0.296. The van der Waals surface area contributed by atoms with Crippen molar-refractivity contribution < 1.29 is 4.79 Å². The Morgan fingerprint density at radius 3 is 2.50 bits per heavy atom. The molecule has 7 N–H and O–H groups in total. The summed E-state index contributed by atoms with van der Waals surface area (Å²) in [6, 6.07) is 13.3. The number of hydrogen-bond donors (Lipinski definition) is 5. The monoisotopic (exact) mass is 485 g/mol. The van der Waals surface area contributed by atoms with Crippen molar-refractivity contribution in [1.82, 2.24) is 15.3 Å². The Kier molecular flexibility index (Phi) is 11.2. The highest BCUT2D eigenvalue weighted by Gasteiger charge is 2.12. The number of likely N-dealkylation sites (N-methyl/N-ethyl adjacent to an activating group) is 1. The second-order valence-electron chi connectivity index (χ2n) is 7.70. The van der Waals surface area contributed by atoms with E-state index in [1.807, 2.05) is 75.5 Å². The summed E-state index contributed by atoms with van der Waals surface area (Å²) in [7, 11) is 1.92. The number of hydrogen-bond acceptors (Lipinski definition) is 8. The number of benzene rings is 2. The molecule has 36 heavy (non-hydrogen) atoms. The Hall–Kier alpha value is -4.14. The van der Waals surface area contributed by atoms with Crippen LogP contribution < -0.4 is 22.1 Å². The van der Waals surface area contributed by atoms with E-state index in [4.69, 9.17) is 26.8 Å². The van der Waals surface area contributed by atoms with Gasteiger partial charge in [0, 0.05) is 40.2 Å². The molecule has 8 heteroatoms. The smallest absolute Gasteiger partial charge is 0.162 e. The van der Waals surface area contributed by atoms with Crippen LogP contribution >= 0.6 is 0 Å². The standard InChI is InChI=1S/C23H22N6.C3H7NO.C2H6/c1-26-17-6-4-5-15(9-10-17)22-28-21-8-3-2-7-19(21)23(29-22)27-18-11-12-20(25)16(13-18)14-24;1-3(4)2-5;1-2/h2-14,17,24,26H,25H2,1H3,(H,27,28,29);2-3H,4H2,1H3;1-2H3. The molecule has 2 atom stereocenters. The highest BCUT2D eigenvalue weighted by Crippen LogP contribution is 2.27. The zero-order valence-electron chi connectivity index (χ0n) is 21.2. The zero-order valence-corrected chi connectivity index (χ0v) is 21.2. The minimum absolute atomic E-state index is 0.177. The van der Waals surface area contributed by atoms with Gasteiger partial charge in [-0.2, -0.15) is 0 Å². The van der Waals surface area contributed by atoms with Gasteiger partial charge in [0.25, 0.3) is 0 Å². The van der Waals surface area contributed by atoms with Gasteiger partial charge in [-0.3, -0.25) is 0 Å². The second-order valence-corrected chi connectivity index (χ2v) is 7.70. The van der Waals surface area contributed by atoms with Crippen LogP contribution in [-0.2, 0) is 4.79 Å². The molecule has 0 fully saturated rings. The maximum Gasteiger partial charge on any atom is 0.162 e. The lowest BCUT2D eigenvalue weighted by Crippen LogP contribution is -2.19. The molecule has 0 saturated heterocycles. The number of nitrogens with one attached hydrogen (secondary N) is 3. The van der Waals surface area contributed by atoms with E-state index in [1.165, 1.54) is 6.21 Å². The first kappa shape index (κ1) is 28.1. The number of allylic oxidation sites excluding steroid dienone is 4. The summed E-state index contributed by atoms with van der Waals surface area (Å²) in [4.78, 5) is 18.9. The van der Waals surface area contributed by atoms with E-state index in [1.54, 1.807) is 13.0 Å². The Labute approximate surface area is 212 Å². The quantitative estimate of drug-likeness (QED) is 0.195. The van der Waals surface area contributed by atoms with Crippen molar-refractivity contribution in [3.05, 3.63) is 84.2 Å². The van der Waals surface area contributed by atoms with Gasteiger partial charge in [-0.15, -0.1) is 0 Å². The van der Waals surface area contributed by atoms with E-state index >= 15 is 0 Å². The van der Waals surface area contributed by atoms with Crippen molar-refractivity contribution in [2.75, 3.05) is 18.1 Å². The third kappa shape index (κ3) is 7.69. The van der Waals surface area contributed by atoms with Crippen molar-refractivity contribution in [2.24, 2.45) is 5.73 Å². The Bertz CT molecular complexity index is 1260. The van der Waals surface area contributed by atoms with Gasteiger partial charge in [0.1, 0.15) is 12.1 Å². The summed E-state index contributed by atoms with van der Waals surface area (Å²) >= 11 is 0. The zero-order chi connectivity index (χ0) is 26.5. The number of para-hydroxylation sites is 1. The molecule has 1 aliphatic rings. The number of carbonyl (C=O) groups is 1. The maximum absolute atomic E-state index is 9.38. The first-order valence-corrected chi connectivity index (χ1v) is 11.8. The lowest BCUT2D eigenvalue weighted by Gasteiger charge is -2.12. The van der Waals surface area contributed by atoms with Crippen LogP contribution in [0.1, 0.15) is 32.2 Å². The molecule has 0 bridgehead atoms. The SMILES string of the molecule is CC.CC(N)C=O.CNC1C=CC=C(c2nc(Nc3ccc(N)c(C=N)c3)c3ccccc3n2)C=C1. The minimum Gasteiger partial charge on any atom is -0.398 e. The van der Waals surface area contributed by atoms with E-state index < -0.39 is 0 Å². The van der Waals surface area contributed by atoms with Gasteiger partial charge >= 0.3 is 0 Å². The van der Waals surface area contributed by atoms with Crippen LogP contribution in [0.15, 0.2) is 72.8 Å². The first-order chi connectivity index (χ1) is 17.4. The van der Waals surface area contributed by atoms with Crippen molar-refractivity contribution >= 4 is 46.2 Å². The number of nitrogens with two attached hydrogens (primary N) is 2. The highest BCUT2D eigenvalue weighted by molar-refractivity contribution is 5.93. The van der Waals surface area contributed by atoms with Crippen LogP contribution in [0.4, 0.5) is 17.2 Å². The van der Waals surface area contributed by atoms with Crippen molar-refractivity contribution in [1.29, 1.82) is 5.41 Å². The first-order valence-electron chi connectivity index (χ1n) is 11.8. The average Bonchev–Trinajstić information content (AvgIpc) is 3.17. The van der Waals surface area contributed by atoms with Crippen LogP contribution in [0.2, 0.25) is 0 Å². The molecule has 2 aromatic carbocycles. The van der Waals surface area contributed by atoms with Crippen molar-refractivity contribution in [3.63, 3.8) is 0 Å². The molecule has 1 heterocycles. The number of nitrogen functional groups attached to an aromatic ring is 1. The summed E-state index contributed by atoms with van der Waals surface area (Å²) in [5.74, 6) is 1.35. The Morgan fingerprint density at radius 2 is 1.83 bits per heavy atom. The van der Waals surface area contributed by atoms with Gasteiger partial charge in [-0.25, -0.2) is 9.97 Å². The molecule has 1 aliphatic carbocycles. The lowest BCUT2D eigenvalue weighted by atomic mass is 10.1. The largest absolute Gasteiger partial charge is 0.398 e. The topological polar surface area (TPSA) is 143 Å². The number of fused-ring (bicyclic) bond motifs is 1. The van der Waals surface area contributed by atoms with E-state index in [9.17, 15) is 4.79 Å². The van der Waals surface area contributed by atoms with E-state index in [0.29, 0.717) is 29.2 Å². The van der Waals surface area contributed by atoms with Crippen LogP contribution in [0.5, 0.6) is 0 Å². The third-order valence-corrected chi connectivity index (χ3v) is 4.99. The number of rotatable bonds is 6. The van der Waals surface area contributed by atoms with Gasteiger partial charge in [0.15, 0.2) is 5.82 Å². The Balaban J connectivity index is 0.000000583. The van der Waals surface area contributed by atoms with Crippen molar-refractivity contribution in [2.45, 2.75) is 32.9 Å². The molecule has 4 rings (SSSR count). The highest BCUT2D eigenvalue weighted by atomic mass is 16.1. The van der Waals surface area contributed by atoms with Gasteiger partial charge in [0.05, 0.1) is 11.6 Å². The van der Waals surface area contributed by atoms with Crippen LogP contribution in [0, 0.1) is 5.41 Å². The molecule has 0 aliphatic heterocycles. The van der Waals surface area contributed by atoms with Gasteiger partial charge in [-0.1, -0.05) is 56.4 Å². The molecule has 1 aromatic heterocycles. The fourth-order valence-electron chi connectivity index (χ4n) is 3.16. The van der Waals surface area contributed by atoms with Crippen LogP contribution in [0.3, 0.4) is 0 Å². The normalized spacial score (nSPS) is 14.8. The second kappa shape index (κ2) is 14.3. The fraction of sp³-hybridized carbons (Fsp3) is 0.214. The fourth-order valence-corrected chi connectivity index (χ4v) is 3.16. The number of anilines is 3. The van der Waals surface area contributed by atoms with Gasteiger partial charge < -0.3 is 32.3 Å². The summed E-state index contributed by atoms with van der Waals surface area (Å²) < 4.78 is 0. The molecular weight excluding hydrogens is 450 g/mol. The number of aromatic nitrogens is 2. The molecule has 188 valence electrons. The number of nitrogens with zero attached hydrogens (tertiary/aromatic N) is 2. The average molecular weight is 486 g/mol. The molecular formula is C28H35N7O. The maximum atomic E-state index is 9.38. The molecule has 0 saturated carbocycles. The molecule has 0 radical (unpaired) electrons. The molecule has 0 spiro atoms. The molecule has 8 nitrogen and oxygen atoms in total.